The van der Waals surface area contributed by atoms with Gasteiger partial charge >= 0.3 is 0 Å². The van der Waals surface area contributed by atoms with Gasteiger partial charge in [-0.25, -0.2) is 0 Å². The number of nitrogens with zero attached hydrogens (tertiary/aromatic N) is 1. The first-order valence-electron chi connectivity index (χ1n) is 5.73. The van der Waals surface area contributed by atoms with Gasteiger partial charge in [0, 0.05) is 5.56 Å². The Hall–Kier alpha value is -3.13. The molecule has 0 saturated carbocycles. The molecular weight excluding hydrogens is 258 g/mol. The SMILES string of the molecule is N#Cc1cccc2c1C(=O)c1c(O)ccc(O)c1C2=O. The van der Waals surface area contributed by atoms with Crippen molar-refractivity contribution in [3.8, 4) is 17.6 Å². The zero-order valence-electron chi connectivity index (χ0n) is 10.0. The van der Waals surface area contributed by atoms with Gasteiger partial charge in [0.1, 0.15) is 11.5 Å². The Morgan fingerprint density at radius 1 is 0.850 bits per heavy atom. The Kier molecular flexibility index (Phi) is 2.35. The van der Waals surface area contributed by atoms with Crippen LogP contribution >= 0.6 is 0 Å². The second kappa shape index (κ2) is 3.93. The number of nitriles is 1. The third-order valence-corrected chi connectivity index (χ3v) is 3.27. The summed E-state index contributed by atoms with van der Waals surface area (Å²) in [5, 5.41) is 28.6. The van der Waals surface area contributed by atoms with Gasteiger partial charge < -0.3 is 10.2 Å². The second-order valence-corrected chi connectivity index (χ2v) is 4.35. The van der Waals surface area contributed by atoms with E-state index in [2.05, 4.69) is 0 Å². The van der Waals surface area contributed by atoms with Crippen LogP contribution in [0.3, 0.4) is 0 Å². The van der Waals surface area contributed by atoms with Crippen molar-refractivity contribution in [2.45, 2.75) is 0 Å². The molecule has 20 heavy (non-hydrogen) atoms. The van der Waals surface area contributed by atoms with E-state index in [1.165, 1.54) is 18.2 Å². The first kappa shape index (κ1) is 11.9. The Labute approximate surface area is 113 Å². The van der Waals surface area contributed by atoms with E-state index in [-0.39, 0.29) is 33.6 Å². The van der Waals surface area contributed by atoms with Gasteiger partial charge in [0.15, 0.2) is 11.6 Å². The summed E-state index contributed by atoms with van der Waals surface area (Å²) in [6.45, 7) is 0. The van der Waals surface area contributed by atoms with Crippen LogP contribution in [-0.4, -0.2) is 21.8 Å². The van der Waals surface area contributed by atoms with Crippen molar-refractivity contribution in [2.75, 3.05) is 0 Å². The quantitative estimate of drug-likeness (QED) is 0.603. The van der Waals surface area contributed by atoms with Crippen molar-refractivity contribution in [1.82, 2.24) is 0 Å². The monoisotopic (exact) mass is 265 g/mol. The average Bonchev–Trinajstić information content (AvgIpc) is 2.46. The van der Waals surface area contributed by atoms with Crippen molar-refractivity contribution < 1.29 is 19.8 Å². The zero-order chi connectivity index (χ0) is 14.4. The summed E-state index contributed by atoms with van der Waals surface area (Å²) in [5.74, 6) is -1.99. The van der Waals surface area contributed by atoms with Crippen LogP contribution in [0, 0.1) is 11.3 Å². The predicted octanol–water partition coefficient (Wildman–Crippen LogP) is 1.74. The molecule has 1 aliphatic carbocycles. The molecule has 0 heterocycles. The maximum absolute atomic E-state index is 12.4. The number of phenols is 2. The molecule has 2 aromatic rings. The molecule has 1 aliphatic rings. The van der Waals surface area contributed by atoms with Gasteiger partial charge in [-0.15, -0.1) is 0 Å². The van der Waals surface area contributed by atoms with Crippen LogP contribution in [0.2, 0.25) is 0 Å². The minimum absolute atomic E-state index is 0.0339. The molecule has 0 atom stereocenters. The topological polar surface area (TPSA) is 98.4 Å². The van der Waals surface area contributed by atoms with E-state index in [0.29, 0.717) is 0 Å². The fourth-order valence-corrected chi connectivity index (χ4v) is 2.38. The molecule has 2 N–H and O–H groups in total. The van der Waals surface area contributed by atoms with Gasteiger partial charge in [-0.1, -0.05) is 12.1 Å². The first-order chi connectivity index (χ1) is 9.56. The lowest BCUT2D eigenvalue weighted by Crippen LogP contribution is -2.22. The number of aromatic hydroxyl groups is 2. The van der Waals surface area contributed by atoms with Gasteiger partial charge in [0.25, 0.3) is 0 Å². The molecule has 5 nitrogen and oxygen atoms in total. The fraction of sp³-hybridized carbons (Fsp3) is 0. The summed E-state index contributed by atoms with van der Waals surface area (Å²) in [7, 11) is 0. The Morgan fingerprint density at radius 3 is 2.05 bits per heavy atom. The van der Waals surface area contributed by atoms with Crippen molar-refractivity contribution in [3.63, 3.8) is 0 Å². The molecule has 0 unspecified atom stereocenters. The maximum Gasteiger partial charge on any atom is 0.199 e. The Balaban J connectivity index is 2.44. The normalized spacial score (nSPS) is 12.6. The lowest BCUT2D eigenvalue weighted by atomic mass is 9.81. The van der Waals surface area contributed by atoms with Gasteiger partial charge in [-0.3, -0.25) is 9.59 Å². The van der Waals surface area contributed by atoms with Crippen LogP contribution in [0.4, 0.5) is 0 Å². The molecular formula is C15H7NO4. The molecule has 0 aromatic heterocycles. The highest BCUT2D eigenvalue weighted by Crippen LogP contribution is 2.38. The van der Waals surface area contributed by atoms with Gasteiger partial charge in [-0.2, -0.15) is 5.26 Å². The highest BCUT2D eigenvalue weighted by molar-refractivity contribution is 6.30. The molecule has 0 saturated heterocycles. The Morgan fingerprint density at radius 2 is 1.45 bits per heavy atom. The van der Waals surface area contributed by atoms with Gasteiger partial charge in [-0.05, 0) is 18.2 Å². The van der Waals surface area contributed by atoms with Crippen LogP contribution in [-0.2, 0) is 0 Å². The molecule has 5 heteroatoms. The number of ketones is 2. The van der Waals surface area contributed by atoms with E-state index in [1.807, 2.05) is 6.07 Å². The molecule has 0 spiro atoms. The standard InChI is InChI=1S/C15H7NO4/c16-6-7-2-1-3-8-11(7)15(20)13-10(18)5-4-9(17)12(13)14(8)19/h1-5,17-18H. The summed E-state index contributed by atoms with van der Waals surface area (Å²) in [4.78, 5) is 24.8. The van der Waals surface area contributed by atoms with E-state index in [1.54, 1.807) is 0 Å². The maximum atomic E-state index is 12.4. The van der Waals surface area contributed by atoms with Crippen molar-refractivity contribution in [2.24, 2.45) is 0 Å². The number of rotatable bonds is 0. The molecule has 2 aromatic carbocycles. The largest absolute Gasteiger partial charge is 0.507 e. The van der Waals surface area contributed by atoms with E-state index >= 15 is 0 Å². The minimum Gasteiger partial charge on any atom is -0.507 e. The number of hydrogen-bond acceptors (Lipinski definition) is 5. The van der Waals surface area contributed by atoms with Crippen LogP contribution in [0.5, 0.6) is 11.5 Å². The number of phenolic OH excluding ortho intramolecular Hbond substituents is 2. The van der Waals surface area contributed by atoms with Crippen LogP contribution < -0.4 is 0 Å². The zero-order valence-corrected chi connectivity index (χ0v) is 10.0. The molecule has 0 fully saturated rings. The highest BCUT2D eigenvalue weighted by Gasteiger charge is 2.35. The highest BCUT2D eigenvalue weighted by atomic mass is 16.3. The fourth-order valence-electron chi connectivity index (χ4n) is 2.38. The summed E-state index contributed by atoms with van der Waals surface area (Å²) < 4.78 is 0. The number of fused-ring (bicyclic) bond motifs is 2. The van der Waals surface area contributed by atoms with Gasteiger partial charge in [0.2, 0.25) is 0 Å². The smallest absolute Gasteiger partial charge is 0.199 e. The number of hydrogen-bond donors (Lipinski definition) is 2. The van der Waals surface area contributed by atoms with Crippen LogP contribution in [0.25, 0.3) is 0 Å². The van der Waals surface area contributed by atoms with Crippen molar-refractivity contribution in [1.29, 1.82) is 5.26 Å². The minimum atomic E-state index is -0.639. The third kappa shape index (κ3) is 1.36. The van der Waals surface area contributed by atoms with Crippen molar-refractivity contribution in [3.05, 3.63) is 58.1 Å². The molecule has 3 rings (SSSR count). The summed E-state index contributed by atoms with van der Waals surface area (Å²) >= 11 is 0. The van der Waals surface area contributed by atoms with Gasteiger partial charge in [0.05, 0.1) is 28.3 Å². The third-order valence-electron chi connectivity index (χ3n) is 3.27. The lowest BCUT2D eigenvalue weighted by molar-refractivity contribution is 0.0974. The molecule has 0 bridgehead atoms. The molecule has 0 amide bonds. The van der Waals surface area contributed by atoms with Crippen molar-refractivity contribution >= 4 is 11.6 Å². The van der Waals surface area contributed by atoms with E-state index in [4.69, 9.17) is 5.26 Å². The molecule has 0 aliphatic heterocycles. The average molecular weight is 265 g/mol. The predicted molar refractivity (Wildman–Crippen MR) is 67.8 cm³/mol. The number of carbonyl (C=O) groups excluding carboxylic acids is 2. The lowest BCUT2D eigenvalue weighted by Gasteiger charge is -2.19. The van der Waals surface area contributed by atoms with Crippen LogP contribution in [0.15, 0.2) is 30.3 Å². The molecule has 96 valence electrons. The Bertz CT molecular complexity index is 830. The second-order valence-electron chi connectivity index (χ2n) is 4.35. The van der Waals surface area contributed by atoms with E-state index in [9.17, 15) is 19.8 Å². The summed E-state index contributed by atoms with van der Waals surface area (Å²) in [6.07, 6.45) is 0. The summed E-state index contributed by atoms with van der Waals surface area (Å²) in [5.41, 5.74) is -0.395. The van der Waals surface area contributed by atoms with E-state index in [0.717, 1.165) is 12.1 Å². The summed E-state index contributed by atoms with van der Waals surface area (Å²) in [6, 6.07) is 8.48. The van der Waals surface area contributed by atoms with Crippen LogP contribution in [0.1, 0.15) is 37.4 Å². The first-order valence-corrected chi connectivity index (χ1v) is 5.73. The van der Waals surface area contributed by atoms with E-state index < -0.39 is 17.3 Å². The number of carbonyl (C=O) groups is 2. The number of benzene rings is 2. The molecule has 0 radical (unpaired) electrons.